The molecule has 0 radical (unpaired) electrons. The van der Waals surface area contributed by atoms with Crippen LogP contribution in [0.5, 0.6) is 0 Å². The second kappa shape index (κ2) is 7.41. The topological polar surface area (TPSA) is 46.0 Å². The van der Waals surface area contributed by atoms with E-state index in [4.69, 9.17) is 4.98 Å². The number of pyridine rings is 1. The number of imidazole rings is 1. The number of piperazine rings is 1. The van der Waals surface area contributed by atoms with E-state index >= 15 is 0 Å². The minimum atomic E-state index is -0.187. The lowest BCUT2D eigenvalue weighted by atomic mass is 10.1. The van der Waals surface area contributed by atoms with Gasteiger partial charge in [0, 0.05) is 45.3 Å². The molecule has 0 unspecified atom stereocenters. The van der Waals surface area contributed by atoms with Crippen LogP contribution in [-0.4, -0.2) is 40.7 Å². The Kier molecular flexibility index (Phi) is 4.84. The SMILES string of the molecule is CCc1nc2c(N3CCNCC3)ccnc2n1CCc1cccc(F)c1. The average Bonchev–Trinajstić information content (AvgIpc) is 3.05. The van der Waals surface area contributed by atoms with Crippen molar-refractivity contribution >= 4 is 16.9 Å². The zero-order chi connectivity index (χ0) is 17.9. The fourth-order valence-corrected chi connectivity index (χ4v) is 3.65. The molecule has 1 saturated heterocycles. The number of benzene rings is 1. The standard InChI is InChI=1S/C20H24FN5/c1-2-18-24-19-17(25-12-9-22-10-13-25)6-8-23-20(19)26(18)11-7-15-4-3-5-16(21)14-15/h3-6,8,14,22H,2,7,9-13H2,1H3. The molecule has 0 saturated carbocycles. The minimum Gasteiger partial charge on any atom is -0.367 e. The van der Waals surface area contributed by atoms with Gasteiger partial charge in [0.15, 0.2) is 5.65 Å². The van der Waals surface area contributed by atoms with Gasteiger partial charge in [-0.1, -0.05) is 19.1 Å². The van der Waals surface area contributed by atoms with Crippen LogP contribution in [0.15, 0.2) is 36.5 Å². The van der Waals surface area contributed by atoms with Gasteiger partial charge in [0.1, 0.15) is 17.2 Å². The number of anilines is 1. The first-order valence-corrected chi connectivity index (χ1v) is 9.30. The van der Waals surface area contributed by atoms with Crippen LogP contribution in [0.1, 0.15) is 18.3 Å². The maximum absolute atomic E-state index is 13.4. The van der Waals surface area contributed by atoms with Gasteiger partial charge in [0.25, 0.3) is 0 Å². The van der Waals surface area contributed by atoms with Crippen LogP contribution >= 0.6 is 0 Å². The fourth-order valence-electron chi connectivity index (χ4n) is 3.65. The Labute approximate surface area is 152 Å². The second-order valence-corrected chi connectivity index (χ2v) is 6.65. The smallest absolute Gasteiger partial charge is 0.162 e. The summed E-state index contributed by atoms with van der Waals surface area (Å²) < 4.78 is 15.6. The maximum Gasteiger partial charge on any atom is 0.162 e. The summed E-state index contributed by atoms with van der Waals surface area (Å²) in [5.41, 5.74) is 4.06. The van der Waals surface area contributed by atoms with Crippen molar-refractivity contribution in [3.05, 3.63) is 53.7 Å². The summed E-state index contributed by atoms with van der Waals surface area (Å²) in [6.45, 7) is 6.81. The van der Waals surface area contributed by atoms with Crippen LogP contribution in [0.4, 0.5) is 10.1 Å². The predicted molar refractivity (Wildman–Crippen MR) is 102 cm³/mol. The Morgan fingerprint density at radius 3 is 2.81 bits per heavy atom. The van der Waals surface area contributed by atoms with Gasteiger partial charge in [-0.15, -0.1) is 0 Å². The Morgan fingerprint density at radius 2 is 2.04 bits per heavy atom. The molecule has 0 atom stereocenters. The van der Waals surface area contributed by atoms with E-state index in [-0.39, 0.29) is 5.82 Å². The first-order valence-electron chi connectivity index (χ1n) is 9.30. The molecule has 3 aromatic rings. The Hall–Kier alpha value is -2.47. The number of rotatable bonds is 5. The lowest BCUT2D eigenvalue weighted by Crippen LogP contribution is -2.43. The van der Waals surface area contributed by atoms with E-state index in [1.165, 1.54) is 6.07 Å². The number of hydrogen-bond donors (Lipinski definition) is 1. The van der Waals surface area contributed by atoms with Gasteiger partial charge in [-0.2, -0.15) is 0 Å². The highest BCUT2D eigenvalue weighted by atomic mass is 19.1. The Bertz CT molecular complexity index is 898. The molecule has 1 fully saturated rings. The van der Waals surface area contributed by atoms with Gasteiger partial charge < -0.3 is 14.8 Å². The molecule has 6 heteroatoms. The number of hydrogen-bond acceptors (Lipinski definition) is 4. The second-order valence-electron chi connectivity index (χ2n) is 6.65. The highest BCUT2D eigenvalue weighted by Crippen LogP contribution is 2.26. The van der Waals surface area contributed by atoms with E-state index in [2.05, 4.69) is 32.8 Å². The van der Waals surface area contributed by atoms with Gasteiger partial charge in [0.2, 0.25) is 0 Å². The normalized spacial score (nSPS) is 14.9. The van der Waals surface area contributed by atoms with Crippen LogP contribution in [0, 0.1) is 5.82 Å². The molecule has 5 nitrogen and oxygen atoms in total. The molecule has 0 bridgehead atoms. The predicted octanol–water partition coefficient (Wildman–Crippen LogP) is 2.79. The van der Waals surface area contributed by atoms with E-state index in [0.29, 0.717) is 0 Å². The summed E-state index contributed by atoms with van der Waals surface area (Å²) in [5.74, 6) is 0.847. The molecular formula is C20H24FN5. The molecule has 1 N–H and O–H groups in total. The van der Waals surface area contributed by atoms with Gasteiger partial charge >= 0.3 is 0 Å². The number of aryl methyl sites for hydroxylation is 3. The molecule has 0 amide bonds. The molecular weight excluding hydrogens is 329 g/mol. The van der Waals surface area contributed by atoms with E-state index in [1.807, 2.05) is 12.3 Å². The third-order valence-corrected chi connectivity index (χ3v) is 4.98. The van der Waals surface area contributed by atoms with Crippen LogP contribution in [-0.2, 0) is 19.4 Å². The van der Waals surface area contributed by atoms with Crippen molar-refractivity contribution in [2.45, 2.75) is 26.3 Å². The largest absolute Gasteiger partial charge is 0.367 e. The van der Waals surface area contributed by atoms with Crippen molar-refractivity contribution in [2.24, 2.45) is 0 Å². The third-order valence-electron chi connectivity index (χ3n) is 4.98. The monoisotopic (exact) mass is 353 g/mol. The first-order chi connectivity index (χ1) is 12.8. The maximum atomic E-state index is 13.4. The fraction of sp³-hybridized carbons (Fsp3) is 0.400. The molecule has 0 aliphatic carbocycles. The van der Waals surface area contributed by atoms with E-state index < -0.39 is 0 Å². The molecule has 1 aromatic carbocycles. The zero-order valence-electron chi connectivity index (χ0n) is 15.1. The van der Waals surface area contributed by atoms with Crippen LogP contribution in [0.25, 0.3) is 11.2 Å². The molecule has 136 valence electrons. The van der Waals surface area contributed by atoms with E-state index in [1.54, 1.807) is 12.1 Å². The van der Waals surface area contributed by atoms with Gasteiger partial charge in [0.05, 0.1) is 5.69 Å². The van der Waals surface area contributed by atoms with Crippen LogP contribution in [0.3, 0.4) is 0 Å². The van der Waals surface area contributed by atoms with Crippen molar-refractivity contribution < 1.29 is 4.39 Å². The molecule has 3 heterocycles. The van der Waals surface area contributed by atoms with E-state index in [9.17, 15) is 4.39 Å². The average molecular weight is 353 g/mol. The van der Waals surface area contributed by atoms with Gasteiger partial charge in [-0.05, 0) is 30.2 Å². The van der Waals surface area contributed by atoms with Gasteiger partial charge in [-0.25, -0.2) is 14.4 Å². The van der Waals surface area contributed by atoms with Crippen LogP contribution in [0.2, 0.25) is 0 Å². The lowest BCUT2D eigenvalue weighted by molar-refractivity contribution is 0.590. The highest BCUT2D eigenvalue weighted by Gasteiger charge is 2.18. The zero-order valence-corrected chi connectivity index (χ0v) is 15.1. The summed E-state index contributed by atoms with van der Waals surface area (Å²) in [4.78, 5) is 11.9. The number of aromatic nitrogens is 3. The number of fused-ring (bicyclic) bond motifs is 1. The van der Waals surface area contributed by atoms with Gasteiger partial charge in [-0.3, -0.25) is 0 Å². The third kappa shape index (κ3) is 3.29. The summed E-state index contributed by atoms with van der Waals surface area (Å²) in [7, 11) is 0. The van der Waals surface area contributed by atoms with E-state index in [0.717, 1.165) is 73.8 Å². The van der Waals surface area contributed by atoms with Crippen molar-refractivity contribution in [3.63, 3.8) is 0 Å². The minimum absolute atomic E-state index is 0.187. The Morgan fingerprint density at radius 1 is 1.19 bits per heavy atom. The van der Waals surface area contributed by atoms with Crippen molar-refractivity contribution in [1.82, 2.24) is 19.9 Å². The molecule has 2 aromatic heterocycles. The quantitative estimate of drug-likeness (QED) is 0.766. The highest BCUT2D eigenvalue weighted by molar-refractivity contribution is 5.86. The van der Waals surface area contributed by atoms with Crippen molar-refractivity contribution in [2.75, 3.05) is 31.1 Å². The first kappa shape index (κ1) is 17.0. The van der Waals surface area contributed by atoms with Crippen molar-refractivity contribution in [3.8, 4) is 0 Å². The summed E-state index contributed by atoms with van der Waals surface area (Å²) >= 11 is 0. The molecule has 1 aliphatic rings. The number of nitrogens with one attached hydrogen (secondary N) is 1. The summed E-state index contributed by atoms with van der Waals surface area (Å²) in [6.07, 6.45) is 3.48. The Balaban J connectivity index is 1.67. The molecule has 4 rings (SSSR count). The van der Waals surface area contributed by atoms with Crippen molar-refractivity contribution in [1.29, 1.82) is 0 Å². The summed E-state index contributed by atoms with van der Waals surface area (Å²) in [6, 6.07) is 8.88. The molecule has 0 spiro atoms. The molecule has 1 aliphatic heterocycles. The number of halogens is 1. The summed E-state index contributed by atoms with van der Waals surface area (Å²) in [5, 5.41) is 3.39. The lowest BCUT2D eigenvalue weighted by Gasteiger charge is -2.29. The number of nitrogens with zero attached hydrogens (tertiary/aromatic N) is 4. The molecule has 26 heavy (non-hydrogen) atoms. The van der Waals surface area contributed by atoms with Crippen LogP contribution < -0.4 is 10.2 Å².